The van der Waals surface area contributed by atoms with E-state index in [9.17, 15) is 4.79 Å². The molecule has 0 aromatic carbocycles. The van der Waals surface area contributed by atoms with Crippen LogP contribution in [-0.2, 0) is 46.7 Å². The van der Waals surface area contributed by atoms with Crippen LogP contribution in [0.2, 0.25) is 0 Å². The van der Waals surface area contributed by atoms with Crippen molar-refractivity contribution >= 4 is 90.5 Å². The zero-order chi connectivity index (χ0) is 23.7. The second-order valence-corrected chi connectivity index (χ2v) is 12.3. The molecule has 15 heteroatoms. The molecule has 0 unspecified atom stereocenters. The fourth-order valence-electron chi connectivity index (χ4n) is 1.48. The molecule has 0 saturated heterocycles. The zero-order valence-corrected chi connectivity index (χ0v) is 26.3. The third-order valence-electron chi connectivity index (χ3n) is 2.84. The van der Waals surface area contributed by atoms with Crippen LogP contribution in [0.15, 0.2) is 0 Å². The molecule has 2 atom stereocenters. The van der Waals surface area contributed by atoms with Crippen molar-refractivity contribution in [1.82, 2.24) is 5.32 Å². The van der Waals surface area contributed by atoms with Gasteiger partial charge >= 0.3 is 40.5 Å². The zero-order valence-electron chi connectivity index (χ0n) is 18.2. The van der Waals surface area contributed by atoms with Crippen LogP contribution in [0, 0.1) is 0 Å². The van der Waals surface area contributed by atoms with Gasteiger partial charge in [-0.05, 0) is 32.4 Å². The van der Waals surface area contributed by atoms with Gasteiger partial charge in [-0.3, -0.25) is 4.79 Å². The Balaban J connectivity index is -0.0000000705. The first kappa shape index (κ1) is 46.5. The third kappa shape index (κ3) is 59.6. The summed E-state index contributed by atoms with van der Waals surface area (Å²) >= 11 is 11.5. The second kappa shape index (κ2) is 36.7. The van der Waals surface area contributed by atoms with Crippen molar-refractivity contribution in [3.05, 3.63) is 0 Å². The Kier molecular flexibility index (Phi) is 55.0. The summed E-state index contributed by atoms with van der Waals surface area (Å²) in [7, 11) is 8.68. The molecule has 0 aromatic heterocycles. The average Bonchev–Trinajstić information content (AvgIpc) is 2.64. The minimum absolute atomic E-state index is 0. The molecule has 0 aliphatic carbocycles. The molecule has 9 N–H and O–H groups in total. The van der Waals surface area contributed by atoms with Crippen molar-refractivity contribution in [3.63, 3.8) is 0 Å². The molecular formula is C16H42MoN4O3S7-2. The predicted molar refractivity (Wildman–Crippen MR) is 155 cm³/mol. The van der Waals surface area contributed by atoms with Crippen molar-refractivity contribution in [2.45, 2.75) is 55.6 Å². The number of thiol groups is 5. The Bertz CT molecular complexity index is 381. The third-order valence-corrected chi connectivity index (χ3v) is 4.09. The number of aliphatic hydroxyl groups excluding tert-OH is 1. The van der Waals surface area contributed by atoms with E-state index < -0.39 is 12.0 Å². The van der Waals surface area contributed by atoms with Crippen LogP contribution in [-0.4, -0.2) is 70.8 Å². The van der Waals surface area contributed by atoms with E-state index in [1.807, 2.05) is 13.8 Å². The quantitative estimate of drug-likeness (QED) is 0.0644. The maximum absolute atomic E-state index is 10.2. The van der Waals surface area contributed by atoms with E-state index in [-0.39, 0.29) is 58.5 Å². The predicted octanol–water partition coefficient (Wildman–Crippen LogP) is 1.12. The Hall–Kier alpha value is 2.15. The van der Waals surface area contributed by atoms with Gasteiger partial charge in [0, 0.05) is 28.8 Å². The van der Waals surface area contributed by atoms with Gasteiger partial charge in [0.05, 0.1) is 6.61 Å². The summed E-state index contributed by atoms with van der Waals surface area (Å²) in [5.41, 5.74) is 15.9. The average molecular weight is 659 g/mol. The molecule has 0 radical (unpaired) electrons. The number of unbranched alkanes of at least 4 members (excludes halogenated alkanes) is 2. The molecule has 0 spiro atoms. The number of nitrogens with one attached hydrogen (secondary N) is 1. The topological polar surface area (TPSA) is 148 Å². The van der Waals surface area contributed by atoms with E-state index in [1.165, 1.54) is 12.8 Å². The Labute approximate surface area is 235 Å². The Morgan fingerprint density at radius 1 is 1.13 bits per heavy atom. The van der Waals surface area contributed by atoms with Crippen LogP contribution >= 0.6 is 57.5 Å². The summed E-state index contributed by atoms with van der Waals surface area (Å²) in [5, 5.41) is 19.9. The van der Waals surface area contributed by atoms with Crippen molar-refractivity contribution in [2.75, 3.05) is 38.5 Å². The van der Waals surface area contributed by atoms with E-state index in [1.54, 1.807) is 0 Å². The normalized spacial score (nSPS) is 11.3. The Morgan fingerprint density at radius 3 is 1.84 bits per heavy atom. The van der Waals surface area contributed by atoms with Gasteiger partial charge in [-0.15, -0.1) is 0 Å². The second-order valence-electron chi connectivity index (χ2n) is 6.44. The van der Waals surface area contributed by atoms with Gasteiger partial charge in [-0.1, -0.05) is 20.3 Å². The number of nitrogens with two attached hydrogens (primary N) is 3. The van der Waals surface area contributed by atoms with Gasteiger partial charge in [0.25, 0.3) is 0 Å². The van der Waals surface area contributed by atoms with Gasteiger partial charge < -0.3 is 59.7 Å². The van der Waals surface area contributed by atoms with Crippen molar-refractivity contribution in [3.8, 4) is 0 Å². The molecule has 0 heterocycles. The van der Waals surface area contributed by atoms with Crippen LogP contribution in [0.5, 0.6) is 0 Å². The number of hydrogen-bond acceptors (Lipinski definition) is 13. The fraction of sp³-hybridized carbons (Fsp3) is 0.938. The molecule has 0 aliphatic heterocycles. The number of aliphatic hydroxyl groups is 1. The number of rotatable bonds is 12. The van der Waals surface area contributed by atoms with Crippen LogP contribution in [0.4, 0.5) is 0 Å². The van der Waals surface area contributed by atoms with E-state index in [4.69, 9.17) is 27.4 Å². The summed E-state index contributed by atoms with van der Waals surface area (Å²) in [6.45, 7) is 7.35. The molecule has 0 amide bonds. The van der Waals surface area contributed by atoms with Gasteiger partial charge in [-0.2, -0.15) is 37.9 Å². The molecule has 0 rings (SSSR count). The molecular weight excluding hydrogens is 617 g/mol. The van der Waals surface area contributed by atoms with Crippen LogP contribution in [0.1, 0.15) is 39.5 Å². The monoisotopic (exact) mass is 660 g/mol. The number of carboxylic acids is 1. The van der Waals surface area contributed by atoms with Gasteiger partial charge in [0.1, 0.15) is 6.04 Å². The SMILES string of the molecule is CC(C)(S)C[C@H](N)C(=O)O.NCCCCCNCCN.OC[C@H](S)CS.[SH-].[SH-].[S]=[Mo]=[S]. The van der Waals surface area contributed by atoms with Crippen LogP contribution in [0.25, 0.3) is 0 Å². The van der Waals surface area contributed by atoms with Crippen molar-refractivity contribution in [1.29, 1.82) is 0 Å². The fourth-order valence-corrected chi connectivity index (χ4v) is 1.79. The minimum atomic E-state index is -0.970. The van der Waals surface area contributed by atoms with E-state index >= 15 is 0 Å². The van der Waals surface area contributed by atoms with E-state index in [0.29, 0.717) is 12.2 Å². The number of carbonyl (C=O) groups is 1. The van der Waals surface area contributed by atoms with E-state index in [0.717, 1.165) is 32.6 Å². The van der Waals surface area contributed by atoms with Crippen LogP contribution in [0.3, 0.4) is 0 Å². The van der Waals surface area contributed by atoms with Crippen molar-refractivity contribution in [2.24, 2.45) is 17.2 Å². The molecule has 7 nitrogen and oxygen atoms in total. The maximum atomic E-state index is 10.2. The summed E-state index contributed by atoms with van der Waals surface area (Å²) < 4.78 is -0.308. The first-order valence-electron chi connectivity index (χ1n) is 9.10. The summed E-state index contributed by atoms with van der Waals surface area (Å²) in [6, 6.07) is -0.799. The summed E-state index contributed by atoms with van der Waals surface area (Å²) in [6.07, 6.45) is 3.97. The Morgan fingerprint density at radius 2 is 1.61 bits per heavy atom. The number of carboxylic acid groups (broad SMARTS) is 1. The molecule has 0 bridgehead atoms. The molecule has 194 valence electrons. The number of aliphatic carboxylic acids is 1. The summed E-state index contributed by atoms with van der Waals surface area (Å²) in [4.78, 5) is 10.2. The van der Waals surface area contributed by atoms with Gasteiger partial charge in [0.15, 0.2) is 0 Å². The molecule has 0 aromatic rings. The standard InChI is InChI=1S/C7H19N3.C6H13NO2S.C3H8OS2.Mo.2H2S.2S/c8-4-2-1-3-6-10-7-5-9;1-6(2,10)3-4(7)5(8)9;4-1-3(6)2-5;;;;;/h10H,1-9H2;4,10H,3,7H2,1-2H3,(H,8,9);3-6H,1-2H2;;2*1H2;;/p-2/t;4-;3-;;;;;/m.00...../s1. The van der Waals surface area contributed by atoms with Gasteiger partial charge in [0.2, 0.25) is 0 Å². The van der Waals surface area contributed by atoms with Crippen LogP contribution < -0.4 is 22.5 Å². The number of hydrogen-bond donors (Lipinski definition) is 9. The van der Waals surface area contributed by atoms with Gasteiger partial charge in [-0.25, -0.2) is 0 Å². The van der Waals surface area contributed by atoms with Crippen molar-refractivity contribution < 1.29 is 29.9 Å². The molecule has 0 saturated carbocycles. The van der Waals surface area contributed by atoms with E-state index in [2.05, 4.69) is 62.8 Å². The first-order chi connectivity index (χ1) is 13.5. The molecule has 0 aliphatic rings. The summed E-state index contributed by atoms with van der Waals surface area (Å²) in [5.74, 6) is -0.332. The molecule has 0 fully saturated rings. The molecule has 31 heavy (non-hydrogen) atoms. The first-order valence-corrected chi connectivity index (χ1v) is 16.3.